The van der Waals surface area contributed by atoms with E-state index in [0.717, 1.165) is 37.4 Å². The minimum absolute atomic E-state index is 0.0749. The van der Waals surface area contributed by atoms with Gasteiger partial charge in [0.25, 0.3) is 0 Å². The van der Waals surface area contributed by atoms with Crippen LogP contribution in [0, 0.1) is 0 Å². The third kappa shape index (κ3) is 3.26. The number of carbonyl (C=O) groups is 1. The maximum absolute atomic E-state index is 11.5. The molecular formula is C9H9Cl2NO2S2. The number of hydrogen-bond acceptors (Lipinski definition) is 5. The summed E-state index contributed by atoms with van der Waals surface area (Å²) in [6.07, 6.45) is 4.28. The number of ether oxygens (including phenoxy) is 1. The van der Waals surface area contributed by atoms with E-state index in [9.17, 15) is 4.79 Å². The largest absolute Gasteiger partial charge is 0.454 e. The first kappa shape index (κ1) is 12.5. The molecule has 0 aromatic carbocycles. The average Bonchev–Trinajstić information content (AvgIpc) is 2.78. The second-order valence-electron chi connectivity index (χ2n) is 3.42. The Bertz CT molecular complexity index is 371. The van der Waals surface area contributed by atoms with Gasteiger partial charge in [0.05, 0.1) is 0 Å². The monoisotopic (exact) mass is 297 g/mol. The van der Waals surface area contributed by atoms with Crippen LogP contribution < -0.4 is 0 Å². The number of halogens is 2. The summed E-state index contributed by atoms with van der Waals surface area (Å²) in [6.45, 7) is 0. The number of thiazole rings is 1. The average molecular weight is 298 g/mol. The molecule has 0 aliphatic heterocycles. The topological polar surface area (TPSA) is 39.2 Å². The molecule has 1 aliphatic rings. The highest BCUT2D eigenvalue weighted by Crippen LogP contribution is 2.35. The van der Waals surface area contributed by atoms with Crippen molar-refractivity contribution in [3.05, 3.63) is 9.49 Å². The molecule has 0 radical (unpaired) electrons. The Morgan fingerprint density at radius 1 is 1.44 bits per heavy atom. The van der Waals surface area contributed by atoms with Crippen LogP contribution in [0.25, 0.3) is 0 Å². The van der Waals surface area contributed by atoms with Crippen LogP contribution in [0.2, 0.25) is 9.49 Å². The van der Waals surface area contributed by atoms with Crippen molar-refractivity contribution in [1.29, 1.82) is 0 Å². The molecule has 0 bridgehead atoms. The maximum Gasteiger partial charge on any atom is 0.374 e. The molecular weight excluding hydrogens is 289 g/mol. The van der Waals surface area contributed by atoms with Crippen molar-refractivity contribution < 1.29 is 9.53 Å². The van der Waals surface area contributed by atoms with E-state index in [1.165, 1.54) is 11.3 Å². The first-order valence-corrected chi connectivity index (χ1v) is 7.24. The lowest BCUT2D eigenvalue weighted by Gasteiger charge is -2.09. The van der Waals surface area contributed by atoms with Crippen molar-refractivity contribution in [3.8, 4) is 0 Å². The van der Waals surface area contributed by atoms with Gasteiger partial charge in [-0.25, -0.2) is 9.78 Å². The molecule has 1 saturated carbocycles. The molecule has 1 aliphatic carbocycles. The molecule has 1 fully saturated rings. The molecule has 3 nitrogen and oxygen atoms in total. The Morgan fingerprint density at radius 2 is 2.12 bits per heavy atom. The van der Waals surface area contributed by atoms with Crippen LogP contribution in [-0.2, 0) is 4.74 Å². The Morgan fingerprint density at radius 3 is 2.69 bits per heavy atom. The van der Waals surface area contributed by atoms with Gasteiger partial charge in [0, 0.05) is 11.8 Å². The Labute approximate surface area is 111 Å². The van der Waals surface area contributed by atoms with Gasteiger partial charge in [-0.2, -0.15) is 0 Å². The summed E-state index contributed by atoms with van der Waals surface area (Å²) in [5, 5.41) is -0.0863. The fraction of sp³-hybridized carbons (Fsp3) is 0.556. The zero-order valence-corrected chi connectivity index (χ0v) is 11.4. The predicted molar refractivity (Wildman–Crippen MR) is 66.7 cm³/mol. The third-order valence-electron chi connectivity index (χ3n) is 2.26. The van der Waals surface area contributed by atoms with E-state index in [1.807, 2.05) is 0 Å². The minimum atomic E-state index is -0.325. The van der Waals surface area contributed by atoms with E-state index in [4.69, 9.17) is 27.9 Å². The summed E-state index contributed by atoms with van der Waals surface area (Å²) in [5.74, 6) is 0. The molecule has 0 amide bonds. The lowest BCUT2D eigenvalue weighted by atomic mass is 10.3. The molecule has 16 heavy (non-hydrogen) atoms. The summed E-state index contributed by atoms with van der Waals surface area (Å²) in [6, 6.07) is 0. The zero-order chi connectivity index (χ0) is 11.5. The molecule has 0 saturated heterocycles. The van der Waals surface area contributed by atoms with Crippen molar-refractivity contribution in [1.82, 2.24) is 4.98 Å². The molecule has 88 valence electrons. The summed E-state index contributed by atoms with van der Waals surface area (Å²) in [7, 11) is 0. The number of nitrogens with zero attached hydrogens (tertiary/aromatic N) is 1. The molecule has 0 unspecified atom stereocenters. The number of aromatic nitrogens is 1. The molecule has 1 heterocycles. The normalized spacial score (nSPS) is 16.6. The second kappa shape index (κ2) is 5.58. The van der Waals surface area contributed by atoms with Gasteiger partial charge in [-0.05, 0) is 25.7 Å². The van der Waals surface area contributed by atoms with Gasteiger partial charge in [-0.3, -0.25) is 0 Å². The van der Waals surface area contributed by atoms with Gasteiger partial charge in [-0.15, -0.1) is 0 Å². The summed E-state index contributed by atoms with van der Waals surface area (Å²) in [5.41, 5.74) is 0. The standard InChI is InChI=1S/C9H9Cl2NO2S2/c10-6-7(11)15-8(12-6)16-9(13)14-5-3-1-2-4-5/h5H,1-4H2. The van der Waals surface area contributed by atoms with E-state index in [1.54, 1.807) is 0 Å². The molecule has 2 rings (SSSR count). The van der Waals surface area contributed by atoms with Gasteiger partial charge in [0.15, 0.2) is 9.49 Å². The number of thioether (sulfide) groups is 1. The third-order valence-corrected chi connectivity index (χ3v) is 4.82. The highest BCUT2D eigenvalue weighted by Gasteiger charge is 2.21. The summed E-state index contributed by atoms with van der Waals surface area (Å²) in [4.78, 5) is 15.4. The fourth-order valence-corrected chi connectivity index (χ4v) is 3.75. The molecule has 0 atom stereocenters. The highest BCUT2D eigenvalue weighted by molar-refractivity contribution is 8.14. The van der Waals surface area contributed by atoms with Crippen LogP contribution in [0.1, 0.15) is 25.7 Å². The van der Waals surface area contributed by atoms with E-state index >= 15 is 0 Å². The first-order valence-electron chi connectivity index (χ1n) is 4.85. The molecule has 0 N–H and O–H groups in total. The van der Waals surface area contributed by atoms with Crippen LogP contribution in [0.15, 0.2) is 4.34 Å². The summed E-state index contributed by atoms with van der Waals surface area (Å²) >= 11 is 13.6. The number of carbonyl (C=O) groups excluding carboxylic acids is 1. The zero-order valence-electron chi connectivity index (χ0n) is 8.24. The number of hydrogen-bond donors (Lipinski definition) is 0. The number of rotatable bonds is 2. The van der Waals surface area contributed by atoms with Crippen molar-refractivity contribution in [2.45, 2.75) is 36.1 Å². The lowest BCUT2D eigenvalue weighted by Crippen LogP contribution is -2.10. The van der Waals surface area contributed by atoms with E-state index in [-0.39, 0.29) is 16.6 Å². The van der Waals surface area contributed by atoms with Crippen LogP contribution in [0.3, 0.4) is 0 Å². The lowest BCUT2D eigenvalue weighted by molar-refractivity contribution is 0.126. The van der Waals surface area contributed by atoms with E-state index in [0.29, 0.717) is 8.68 Å². The maximum atomic E-state index is 11.5. The van der Waals surface area contributed by atoms with Crippen LogP contribution in [0.5, 0.6) is 0 Å². The van der Waals surface area contributed by atoms with Crippen LogP contribution in [0.4, 0.5) is 4.79 Å². The van der Waals surface area contributed by atoms with Gasteiger partial charge < -0.3 is 4.74 Å². The molecule has 0 spiro atoms. The van der Waals surface area contributed by atoms with Gasteiger partial charge in [0.1, 0.15) is 10.4 Å². The van der Waals surface area contributed by atoms with E-state index < -0.39 is 0 Å². The second-order valence-corrected chi connectivity index (χ2v) is 6.56. The molecule has 1 aromatic heterocycles. The van der Waals surface area contributed by atoms with Crippen molar-refractivity contribution >= 4 is 51.6 Å². The summed E-state index contributed by atoms with van der Waals surface area (Å²) < 4.78 is 6.20. The molecule has 7 heteroatoms. The SMILES string of the molecule is O=C(OC1CCCC1)Sc1nc(Cl)c(Cl)s1. The molecule has 1 aromatic rings. The highest BCUT2D eigenvalue weighted by atomic mass is 35.5. The van der Waals surface area contributed by atoms with Gasteiger partial charge in [-0.1, -0.05) is 34.5 Å². The van der Waals surface area contributed by atoms with Crippen molar-refractivity contribution in [2.75, 3.05) is 0 Å². The quantitative estimate of drug-likeness (QED) is 0.590. The Kier molecular flexibility index (Phi) is 4.35. The van der Waals surface area contributed by atoms with Crippen LogP contribution in [-0.4, -0.2) is 16.4 Å². The minimum Gasteiger partial charge on any atom is -0.454 e. The first-order chi connectivity index (χ1) is 7.65. The smallest absolute Gasteiger partial charge is 0.374 e. The van der Waals surface area contributed by atoms with Gasteiger partial charge >= 0.3 is 5.30 Å². The van der Waals surface area contributed by atoms with Crippen LogP contribution >= 0.6 is 46.3 Å². The van der Waals surface area contributed by atoms with E-state index in [2.05, 4.69) is 4.98 Å². The Hall–Kier alpha value is 0.0300. The predicted octanol–water partition coefficient (Wildman–Crippen LogP) is 4.62. The van der Waals surface area contributed by atoms with Crippen molar-refractivity contribution in [3.63, 3.8) is 0 Å². The Balaban J connectivity index is 1.86. The van der Waals surface area contributed by atoms with Crippen molar-refractivity contribution in [2.24, 2.45) is 0 Å². The van der Waals surface area contributed by atoms with Gasteiger partial charge in [0.2, 0.25) is 0 Å². The fourth-order valence-electron chi connectivity index (χ4n) is 1.55.